The Balaban J connectivity index is 3.22. The second kappa shape index (κ2) is 3.04. The maximum atomic E-state index is 11.9. The first-order chi connectivity index (χ1) is 6.30. The molecule has 1 aliphatic rings. The molecule has 77 valence electrons. The molecule has 14 heavy (non-hydrogen) atoms. The second-order valence-corrected chi connectivity index (χ2v) is 4.87. The molecule has 0 aromatic carbocycles. The summed E-state index contributed by atoms with van der Waals surface area (Å²) < 4.78 is 0. The topological polar surface area (TPSA) is 64.0 Å². The number of carbonyl (C=O) groups is 1. The van der Waals surface area contributed by atoms with E-state index in [1.165, 1.54) is 0 Å². The molecular weight excluding hydrogens is 180 g/mol. The molecule has 1 radical (unpaired) electrons. The van der Waals surface area contributed by atoms with Crippen molar-refractivity contribution in [3.63, 3.8) is 0 Å². The van der Waals surface area contributed by atoms with E-state index in [4.69, 9.17) is 5.26 Å². The average molecular weight is 195 g/mol. The van der Waals surface area contributed by atoms with Crippen molar-refractivity contribution in [3.05, 3.63) is 0 Å². The van der Waals surface area contributed by atoms with Gasteiger partial charge in [-0.05, 0) is 27.7 Å². The molecule has 0 amide bonds. The van der Waals surface area contributed by atoms with Crippen LogP contribution in [0.4, 0.5) is 0 Å². The summed E-state index contributed by atoms with van der Waals surface area (Å²) in [6, 6.07) is 2.07. The van der Waals surface area contributed by atoms with Crippen molar-refractivity contribution in [3.8, 4) is 6.07 Å². The Kier molecular flexibility index (Phi) is 2.42. The highest BCUT2D eigenvalue weighted by Gasteiger charge is 2.59. The highest BCUT2D eigenvalue weighted by Crippen LogP contribution is 2.46. The van der Waals surface area contributed by atoms with Crippen molar-refractivity contribution >= 4 is 6.29 Å². The molecule has 1 heterocycles. The molecule has 1 rings (SSSR count). The van der Waals surface area contributed by atoms with Crippen LogP contribution in [0.15, 0.2) is 0 Å². The molecule has 0 N–H and O–H groups in total. The van der Waals surface area contributed by atoms with Crippen molar-refractivity contribution in [2.75, 3.05) is 0 Å². The summed E-state index contributed by atoms with van der Waals surface area (Å²) in [5.41, 5.74) is -1.57. The summed E-state index contributed by atoms with van der Waals surface area (Å²) in [6.07, 6.45) is 0.730. The Morgan fingerprint density at radius 2 is 1.79 bits per heavy atom. The molecule has 1 aliphatic heterocycles. The van der Waals surface area contributed by atoms with Gasteiger partial charge in [-0.15, -0.1) is 10.3 Å². The quantitative estimate of drug-likeness (QED) is 0.590. The molecule has 0 aromatic rings. The van der Waals surface area contributed by atoms with Gasteiger partial charge in [0.05, 0.1) is 29.0 Å². The van der Waals surface area contributed by atoms with Crippen LogP contribution < -0.4 is 0 Å². The predicted octanol–water partition coefficient (Wildman–Crippen LogP) is 1.16. The summed E-state index contributed by atoms with van der Waals surface area (Å²) in [6.45, 7) is 6.83. The third-order valence-electron chi connectivity index (χ3n) is 3.27. The fraction of sp³-hybridized carbons (Fsp3) is 0.800. The van der Waals surface area contributed by atoms with E-state index in [2.05, 4.69) is 6.07 Å². The van der Waals surface area contributed by atoms with Crippen LogP contribution in [0.1, 0.15) is 27.7 Å². The van der Waals surface area contributed by atoms with Crippen LogP contribution in [-0.4, -0.2) is 22.4 Å². The first kappa shape index (κ1) is 11.2. The lowest BCUT2D eigenvalue weighted by Gasteiger charge is -2.32. The molecule has 1 fully saturated rings. The first-order valence-electron chi connectivity index (χ1n) is 4.62. The van der Waals surface area contributed by atoms with Gasteiger partial charge in [-0.1, -0.05) is 0 Å². The number of hydrogen-bond acceptors (Lipinski definition) is 3. The Hall–Kier alpha value is -0.920. The average Bonchev–Trinajstić information content (AvgIpc) is 2.22. The Labute approximate surface area is 84.1 Å². The molecular formula is C10H15N2O2. The largest absolute Gasteiger partial charge is 0.303 e. The molecule has 4 heteroatoms. The lowest BCUT2D eigenvalue weighted by Crippen LogP contribution is -2.47. The molecule has 1 unspecified atom stereocenters. The molecule has 0 bridgehead atoms. The number of rotatable bonds is 1. The van der Waals surface area contributed by atoms with Gasteiger partial charge in [0.25, 0.3) is 0 Å². The van der Waals surface area contributed by atoms with Gasteiger partial charge in [0.2, 0.25) is 0 Å². The van der Waals surface area contributed by atoms with Crippen LogP contribution in [0.3, 0.4) is 0 Å². The molecule has 0 aromatic heterocycles. The minimum Gasteiger partial charge on any atom is -0.303 e. The van der Waals surface area contributed by atoms with E-state index < -0.39 is 22.9 Å². The summed E-state index contributed by atoms with van der Waals surface area (Å²) in [5.74, 6) is -1.05. The first-order valence-corrected chi connectivity index (χ1v) is 4.62. The number of aldehydes is 1. The van der Waals surface area contributed by atoms with Crippen molar-refractivity contribution in [1.29, 1.82) is 5.26 Å². The maximum absolute atomic E-state index is 11.9. The van der Waals surface area contributed by atoms with Gasteiger partial charge in [0.15, 0.2) is 0 Å². The summed E-state index contributed by atoms with van der Waals surface area (Å²) in [5, 5.41) is 21.8. The fourth-order valence-electron chi connectivity index (χ4n) is 2.34. The molecule has 4 nitrogen and oxygen atoms in total. The van der Waals surface area contributed by atoms with E-state index >= 15 is 0 Å². The van der Waals surface area contributed by atoms with Crippen molar-refractivity contribution in [2.45, 2.75) is 38.8 Å². The molecule has 0 spiro atoms. The van der Waals surface area contributed by atoms with E-state index in [1.54, 1.807) is 27.7 Å². The fourth-order valence-corrected chi connectivity index (χ4v) is 2.34. The SMILES string of the molecule is CC1(C)C(C=O)[C@H](C#N)C(C)(C)N1[O]. The molecule has 0 saturated carbocycles. The third-order valence-corrected chi connectivity index (χ3v) is 3.27. The van der Waals surface area contributed by atoms with E-state index in [0.29, 0.717) is 0 Å². The van der Waals surface area contributed by atoms with Gasteiger partial charge < -0.3 is 4.79 Å². The van der Waals surface area contributed by atoms with Crippen LogP contribution in [0.25, 0.3) is 0 Å². The van der Waals surface area contributed by atoms with E-state index in [0.717, 1.165) is 11.3 Å². The third kappa shape index (κ3) is 1.17. The highest BCUT2D eigenvalue weighted by atomic mass is 16.5. The lowest BCUT2D eigenvalue weighted by atomic mass is 9.79. The Morgan fingerprint density at radius 3 is 2.07 bits per heavy atom. The van der Waals surface area contributed by atoms with Gasteiger partial charge in [-0.25, -0.2) is 0 Å². The normalized spacial score (nSPS) is 35.1. The summed E-state index contributed by atoms with van der Waals surface area (Å²) >= 11 is 0. The Bertz CT molecular complexity index is 291. The molecule has 0 aliphatic carbocycles. The van der Waals surface area contributed by atoms with Gasteiger partial charge in [0.1, 0.15) is 6.29 Å². The van der Waals surface area contributed by atoms with Gasteiger partial charge in [-0.2, -0.15) is 5.26 Å². The molecule has 2 atom stereocenters. The zero-order valence-corrected chi connectivity index (χ0v) is 8.94. The minimum absolute atomic E-state index is 0.514. The smallest absolute Gasteiger partial charge is 0.126 e. The standard InChI is InChI=1S/C10H15N2O2/c1-9(2)7(5-11)8(6-13)10(3,4)12(9)14/h6-8H,1-4H3/t7-,8?/m0/s1. The van der Waals surface area contributed by atoms with E-state index in [9.17, 15) is 10.0 Å². The van der Waals surface area contributed by atoms with Crippen molar-refractivity contribution < 1.29 is 10.0 Å². The zero-order chi connectivity index (χ0) is 11.1. The van der Waals surface area contributed by atoms with Crippen LogP contribution in [0, 0.1) is 23.2 Å². The number of hydroxylamine groups is 2. The van der Waals surface area contributed by atoms with Gasteiger partial charge in [-0.3, -0.25) is 0 Å². The van der Waals surface area contributed by atoms with E-state index in [1.807, 2.05) is 0 Å². The van der Waals surface area contributed by atoms with E-state index in [-0.39, 0.29) is 0 Å². The van der Waals surface area contributed by atoms with Crippen molar-refractivity contribution in [1.82, 2.24) is 5.06 Å². The number of carbonyl (C=O) groups excluding carboxylic acids is 1. The Morgan fingerprint density at radius 1 is 1.29 bits per heavy atom. The predicted molar refractivity (Wildman–Crippen MR) is 49.3 cm³/mol. The van der Waals surface area contributed by atoms with Crippen LogP contribution >= 0.6 is 0 Å². The zero-order valence-electron chi connectivity index (χ0n) is 8.94. The van der Waals surface area contributed by atoms with Crippen LogP contribution in [-0.2, 0) is 10.0 Å². The van der Waals surface area contributed by atoms with Gasteiger partial charge in [0, 0.05) is 0 Å². The minimum atomic E-state index is -0.788. The van der Waals surface area contributed by atoms with Crippen LogP contribution in [0.2, 0.25) is 0 Å². The number of nitriles is 1. The lowest BCUT2D eigenvalue weighted by molar-refractivity contribution is -0.249. The summed E-state index contributed by atoms with van der Waals surface area (Å²) in [7, 11) is 0. The monoisotopic (exact) mass is 195 g/mol. The number of hydrogen-bond donors (Lipinski definition) is 0. The molecule has 1 saturated heterocycles. The van der Waals surface area contributed by atoms with Gasteiger partial charge >= 0.3 is 0 Å². The highest BCUT2D eigenvalue weighted by molar-refractivity contribution is 5.59. The van der Waals surface area contributed by atoms with Crippen molar-refractivity contribution in [2.24, 2.45) is 11.8 Å². The summed E-state index contributed by atoms with van der Waals surface area (Å²) in [4.78, 5) is 10.9. The number of nitrogens with zero attached hydrogens (tertiary/aromatic N) is 2. The maximum Gasteiger partial charge on any atom is 0.126 e. The second-order valence-electron chi connectivity index (χ2n) is 4.87. The van der Waals surface area contributed by atoms with Crippen LogP contribution in [0.5, 0.6) is 0 Å².